The van der Waals surface area contributed by atoms with Crippen molar-refractivity contribution in [3.05, 3.63) is 84.8 Å². The summed E-state index contributed by atoms with van der Waals surface area (Å²) in [6, 6.07) is 23.5. The summed E-state index contributed by atoms with van der Waals surface area (Å²) in [5.74, 6) is 1.76. The Morgan fingerprint density at radius 3 is 2.41 bits per heavy atom. The number of carbonyl (C=O) groups is 1. The van der Waals surface area contributed by atoms with E-state index in [4.69, 9.17) is 4.42 Å². The van der Waals surface area contributed by atoms with Gasteiger partial charge in [0, 0.05) is 18.3 Å². The minimum Gasteiger partial charge on any atom is -0.467 e. The van der Waals surface area contributed by atoms with Crippen LogP contribution in [0.1, 0.15) is 5.76 Å². The van der Waals surface area contributed by atoms with Crippen molar-refractivity contribution in [3.63, 3.8) is 0 Å². The van der Waals surface area contributed by atoms with Crippen LogP contribution in [-0.4, -0.2) is 38.4 Å². The number of amides is 1. The summed E-state index contributed by atoms with van der Waals surface area (Å²) < 4.78 is 7.31. The van der Waals surface area contributed by atoms with E-state index in [1.54, 1.807) is 18.2 Å². The maximum absolute atomic E-state index is 12.6. The molecule has 0 saturated carbocycles. The topological polar surface area (TPSA) is 64.2 Å². The number of hydrogen-bond donors (Lipinski definition) is 0. The van der Waals surface area contributed by atoms with Crippen LogP contribution in [0.4, 0.5) is 0 Å². The molecule has 4 rings (SSSR count). The molecule has 7 heteroatoms. The third-order valence-electron chi connectivity index (χ3n) is 4.40. The molecule has 0 radical (unpaired) electrons. The Morgan fingerprint density at radius 2 is 1.72 bits per heavy atom. The molecule has 0 fully saturated rings. The van der Waals surface area contributed by atoms with Gasteiger partial charge in [-0.25, -0.2) is 0 Å². The van der Waals surface area contributed by atoms with Gasteiger partial charge >= 0.3 is 0 Å². The van der Waals surface area contributed by atoms with Crippen molar-refractivity contribution in [1.82, 2.24) is 19.7 Å². The second-order valence-electron chi connectivity index (χ2n) is 6.46. The number of thioether (sulfide) groups is 1. The van der Waals surface area contributed by atoms with E-state index in [2.05, 4.69) is 10.2 Å². The van der Waals surface area contributed by atoms with Gasteiger partial charge in [-0.15, -0.1) is 10.2 Å². The Labute approximate surface area is 173 Å². The van der Waals surface area contributed by atoms with Crippen LogP contribution in [0.2, 0.25) is 0 Å². The molecule has 29 heavy (non-hydrogen) atoms. The third kappa shape index (κ3) is 4.41. The van der Waals surface area contributed by atoms with Crippen LogP contribution in [0.5, 0.6) is 0 Å². The molecule has 4 aromatic rings. The largest absolute Gasteiger partial charge is 0.467 e. The lowest BCUT2D eigenvalue weighted by Crippen LogP contribution is -2.27. The number of nitrogens with zero attached hydrogens (tertiary/aromatic N) is 4. The number of rotatable bonds is 7. The quantitative estimate of drug-likeness (QED) is 0.430. The van der Waals surface area contributed by atoms with E-state index in [1.807, 2.05) is 77.4 Å². The molecule has 0 atom stereocenters. The lowest BCUT2D eigenvalue weighted by Gasteiger charge is -2.15. The molecule has 0 spiro atoms. The summed E-state index contributed by atoms with van der Waals surface area (Å²) in [4.78, 5) is 14.2. The molecule has 0 bridgehead atoms. The number of hydrogen-bond acceptors (Lipinski definition) is 5. The smallest absolute Gasteiger partial charge is 0.233 e. The van der Waals surface area contributed by atoms with Crippen molar-refractivity contribution >= 4 is 17.7 Å². The first-order valence-electron chi connectivity index (χ1n) is 9.18. The first-order valence-corrected chi connectivity index (χ1v) is 10.2. The molecule has 0 aliphatic heterocycles. The normalized spacial score (nSPS) is 10.8. The molecule has 0 N–H and O–H groups in total. The number of para-hydroxylation sites is 1. The van der Waals surface area contributed by atoms with E-state index in [-0.39, 0.29) is 11.7 Å². The van der Waals surface area contributed by atoms with Crippen LogP contribution in [0.3, 0.4) is 0 Å². The highest BCUT2D eigenvalue weighted by atomic mass is 32.2. The van der Waals surface area contributed by atoms with Gasteiger partial charge in [0.25, 0.3) is 0 Å². The Kier molecular flexibility index (Phi) is 5.76. The molecule has 0 aliphatic rings. The predicted molar refractivity (Wildman–Crippen MR) is 113 cm³/mol. The maximum atomic E-state index is 12.6. The number of carbonyl (C=O) groups excluding carboxylic acids is 1. The van der Waals surface area contributed by atoms with E-state index < -0.39 is 0 Å². The number of benzene rings is 2. The number of furan rings is 1. The molecule has 1 amide bonds. The van der Waals surface area contributed by atoms with E-state index in [0.29, 0.717) is 11.7 Å². The summed E-state index contributed by atoms with van der Waals surface area (Å²) in [5, 5.41) is 9.44. The van der Waals surface area contributed by atoms with Gasteiger partial charge in [0.05, 0.1) is 18.6 Å². The summed E-state index contributed by atoms with van der Waals surface area (Å²) in [7, 11) is 1.77. The molecule has 6 nitrogen and oxygen atoms in total. The van der Waals surface area contributed by atoms with E-state index >= 15 is 0 Å². The lowest BCUT2D eigenvalue weighted by molar-refractivity contribution is -0.127. The van der Waals surface area contributed by atoms with Crippen molar-refractivity contribution in [3.8, 4) is 17.1 Å². The highest BCUT2D eigenvalue weighted by Crippen LogP contribution is 2.28. The summed E-state index contributed by atoms with van der Waals surface area (Å²) in [6.07, 6.45) is 1.61. The second-order valence-corrected chi connectivity index (χ2v) is 7.40. The van der Waals surface area contributed by atoms with Gasteiger partial charge < -0.3 is 9.32 Å². The number of aromatic nitrogens is 3. The summed E-state index contributed by atoms with van der Waals surface area (Å²) in [5.41, 5.74) is 1.92. The SMILES string of the molecule is CN(Cc1ccco1)C(=O)CSc1nnc(-c2ccccc2)n1-c1ccccc1. The predicted octanol–water partition coefficient (Wildman–Crippen LogP) is 4.28. The molecular weight excluding hydrogens is 384 g/mol. The molecular formula is C22H20N4O2S. The third-order valence-corrected chi connectivity index (χ3v) is 5.32. The molecule has 2 aromatic carbocycles. The first kappa shape index (κ1) is 19.0. The van der Waals surface area contributed by atoms with E-state index in [1.165, 1.54) is 11.8 Å². The van der Waals surface area contributed by atoms with Crippen molar-refractivity contribution in [1.29, 1.82) is 0 Å². The fraction of sp³-hybridized carbons (Fsp3) is 0.136. The highest BCUT2D eigenvalue weighted by molar-refractivity contribution is 7.99. The van der Waals surface area contributed by atoms with Gasteiger partial charge in [0.1, 0.15) is 5.76 Å². The van der Waals surface area contributed by atoms with E-state index in [0.717, 1.165) is 22.8 Å². The van der Waals surface area contributed by atoms with Crippen LogP contribution in [0.25, 0.3) is 17.1 Å². The molecule has 2 heterocycles. The average molecular weight is 404 g/mol. The standard InChI is InChI=1S/C22H20N4O2S/c1-25(15-19-13-8-14-28-19)20(27)16-29-22-24-23-21(17-9-4-2-5-10-17)26(22)18-11-6-3-7-12-18/h2-14H,15-16H2,1H3. The highest BCUT2D eigenvalue weighted by Gasteiger charge is 2.18. The van der Waals surface area contributed by atoms with E-state index in [9.17, 15) is 4.79 Å². The minimum atomic E-state index is -0.00438. The minimum absolute atomic E-state index is 0.00438. The fourth-order valence-corrected chi connectivity index (χ4v) is 3.80. The zero-order valence-corrected chi connectivity index (χ0v) is 16.7. The van der Waals surface area contributed by atoms with Crippen molar-refractivity contribution in [2.24, 2.45) is 0 Å². The zero-order valence-electron chi connectivity index (χ0n) is 15.9. The molecule has 2 aromatic heterocycles. The molecule has 0 saturated heterocycles. The monoisotopic (exact) mass is 404 g/mol. The zero-order chi connectivity index (χ0) is 20.1. The van der Waals surface area contributed by atoms with Crippen LogP contribution >= 0.6 is 11.8 Å². The average Bonchev–Trinajstić information content (AvgIpc) is 3.43. The van der Waals surface area contributed by atoms with Crippen molar-refractivity contribution < 1.29 is 9.21 Å². The molecule has 0 unspecified atom stereocenters. The second kappa shape index (κ2) is 8.79. The van der Waals surface area contributed by atoms with Gasteiger partial charge in [-0.1, -0.05) is 60.3 Å². The summed E-state index contributed by atoms with van der Waals surface area (Å²) >= 11 is 1.37. The molecule has 146 valence electrons. The Balaban J connectivity index is 1.56. The fourth-order valence-electron chi connectivity index (χ4n) is 2.91. The molecule has 0 aliphatic carbocycles. The van der Waals surface area contributed by atoms with Gasteiger partial charge in [0.2, 0.25) is 5.91 Å². The van der Waals surface area contributed by atoms with Gasteiger partial charge in [0.15, 0.2) is 11.0 Å². The van der Waals surface area contributed by atoms with Crippen molar-refractivity contribution in [2.75, 3.05) is 12.8 Å². The maximum Gasteiger partial charge on any atom is 0.233 e. The Morgan fingerprint density at radius 1 is 1.00 bits per heavy atom. The van der Waals surface area contributed by atoms with Crippen LogP contribution in [0.15, 0.2) is 88.6 Å². The first-order chi connectivity index (χ1) is 14.2. The van der Waals surface area contributed by atoms with Crippen LogP contribution in [0, 0.1) is 0 Å². The van der Waals surface area contributed by atoms with Crippen LogP contribution < -0.4 is 0 Å². The Bertz CT molecular complexity index is 1060. The lowest BCUT2D eigenvalue weighted by atomic mass is 10.2. The summed E-state index contributed by atoms with van der Waals surface area (Å²) in [6.45, 7) is 0.438. The van der Waals surface area contributed by atoms with Gasteiger partial charge in [-0.05, 0) is 24.3 Å². The van der Waals surface area contributed by atoms with Gasteiger partial charge in [-0.2, -0.15) is 0 Å². The Hall–Kier alpha value is -3.32. The van der Waals surface area contributed by atoms with Gasteiger partial charge in [-0.3, -0.25) is 9.36 Å². The van der Waals surface area contributed by atoms with Crippen molar-refractivity contribution in [2.45, 2.75) is 11.7 Å². The van der Waals surface area contributed by atoms with Crippen LogP contribution in [-0.2, 0) is 11.3 Å².